The van der Waals surface area contributed by atoms with E-state index in [-0.39, 0.29) is 0 Å². The van der Waals surface area contributed by atoms with E-state index in [1.54, 1.807) is 0 Å². The Bertz CT molecular complexity index is 498. The van der Waals surface area contributed by atoms with Crippen LogP contribution in [-0.4, -0.2) is 9.55 Å². The predicted octanol–water partition coefficient (Wildman–Crippen LogP) is 2.95. The minimum Gasteiger partial charge on any atom is -0.337 e. The van der Waals surface area contributed by atoms with Crippen LogP contribution >= 0.6 is 11.3 Å². The quantitative estimate of drug-likeness (QED) is 0.903. The van der Waals surface area contributed by atoms with Gasteiger partial charge in [-0.05, 0) is 32.4 Å². The molecule has 1 unspecified atom stereocenters. The van der Waals surface area contributed by atoms with Gasteiger partial charge in [-0.3, -0.25) is 0 Å². The van der Waals surface area contributed by atoms with Gasteiger partial charge in [-0.15, -0.1) is 11.3 Å². The molecule has 92 valence electrons. The van der Waals surface area contributed by atoms with Crippen LogP contribution in [0.3, 0.4) is 0 Å². The van der Waals surface area contributed by atoms with Crippen LogP contribution < -0.4 is 5.32 Å². The standard InChI is InChI=1S/C13H19N3S/c1-9-5-13(11(3)17-9)10(2)15-7-12-6-14-8-16(12)4/h5-6,8,10,15H,7H2,1-4H3. The Morgan fingerprint density at radius 3 is 2.76 bits per heavy atom. The van der Waals surface area contributed by atoms with E-state index in [0.29, 0.717) is 6.04 Å². The molecule has 0 aliphatic carbocycles. The fourth-order valence-corrected chi connectivity index (χ4v) is 3.03. The summed E-state index contributed by atoms with van der Waals surface area (Å²) in [4.78, 5) is 6.91. The number of imidazole rings is 1. The predicted molar refractivity (Wildman–Crippen MR) is 72.3 cm³/mol. The molecular formula is C13H19N3S. The Kier molecular flexibility index (Phi) is 3.64. The zero-order chi connectivity index (χ0) is 12.4. The fourth-order valence-electron chi connectivity index (χ4n) is 2.00. The largest absolute Gasteiger partial charge is 0.337 e. The van der Waals surface area contributed by atoms with Gasteiger partial charge < -0.3 is 9.88 Å². The third kappa shape index (κ3) is 2.76. The number of aryl methyl sites for hydroxylation is 3. The fraction of sp³-hybridized carbons (Fsp3) is 0.462. The van der Waals surface area contributed by atoms with E-state index in [4.69, 9.17) is 0 Å². The molecule has 0 bridgehead atoms. The number of hydrogen-bond donors (Lipinski definition) is 1. The number of rotatable bonds is 4. The first kappa shape index (κ1) is 12.3. The lowest BCUT2D eigenvalue weighted by atomic mass is 10.1. The van der Waals surface area contributed by atoms with Crippen molar-refractivity contribution >= 4 is 11.3 Å². The lowest BCUT2D eigenvalue weighted by Gasteiger charge is -2.13. The monoisotopic (exact) mass is 249 g/mol. The van der Waals surface area contributed by atoms with Gasteiger partial charge in [-0.2, -0.15) is 0 Å². The van der Waals surface area contributed by atoms with E-state index in [2.05, 4.69) is 37.1 Å². The molecule has 0 aliphatic heterocycles. The van der Waals surface area contributed by atoms with Gasteiger partial charge in [0.05, 0.1) is 12.0 Å². The van der Waals surface area contributed by atoms with Gasteiger partial charge in [0, 0.05) is 35.6 Å². The maximum absolute atomic E-state index is 4.12. The highest BCUT2D eigenvalue weighted by Crippen LogP contribution is 2.26. The molecule has 0 saturated carbocycles. The van der Waals surface area contributed by atoms with Gasteiger partial charge in [-0.25, -0.2) is 4.98 Å². The van der Waals surface area contributed by atoms with Crippen LogP contribution in [0.25, 0.3) is 0 Å². The molecule has 0 spiro atoms. The molecule has 0 fully saturated rings. The summed E-state index contributed by atoms with van der Waals surface area (Å²) in [5.41, 5.74) is 2.62. The first-order chi connectivity index (χ1) is 8.08. The Hall–Kier alpha value is -1.13. The lowest BCUT2D eigenvalue weighted by molar-refractivity contribution is 0.557. The third-order valence-corrected chi connectivity index (χ3v) is 4.03. The molecule has 0 saturated heterocycles. The van der Waals surface area contributed by atoms with Crippen molar-refractivity contribution in [3.8, 4) is 0 Å². The van der Waals surface area contributed by atoms with Crippen molar-refractivity contribution in [2.45, 2.75) is 33.4 Å². The smallest absolute Gasteiger partial charge is 0.0945 e. The summed E-state index contributed by atoms with van der Waals surface area (Å²) >= 11 is 1.87. The van der Waals surface area contributed by atoms with E-state index in [1.165, 1.54) is 21.0 Å². The summed E-state index contributed by atoms with van der Waals surface area (Å²) in [5, 5.41) is 3.54. The Labute approximate surface area is 107 Å². The highest BCUT2D eigenvalue weighted by molar-refractivity contribution is 7.12. The lowest BCUT2D eigenvalue weighted by Crippen LogP contribution is -2.19. The van der Waals surface area contributed by atoms with Gasteiger partial charge in [-0.1, -0.05) is 0 Å². The molecule has 0 aliphatic rings. The number of aromatic nitrogens is 2. The van der Waals surface area contributed by atoms with E-state index in [0.717, 1.165) is 6.54 Å². The van der Waals surface area contributed by atoms with Crippen molar-refractivity contribution < 1.29 is 0 Å². The molecule has 0 radical (unpaired) electrons. The van der Waals surface area contributed by atoms with Crippen LogP contribution in [-0.2, 0) is 13.6 Å². The summed E-state index contributed by atoms with van der Waals surface area (Å²) in [6.45, 7) is 7.42. The first-order valence-electron chi connectivity index (χ1n) is 5.83. The molecule has 1 atom stereocenters. The summed E-state index contributed by atoms with van der Waals surface area (Å²) in [7, 11) is 2.02. The van der Waals surface area contributed by atoms with Gasteiger partial charge in [0.25, 0.3) is 0 Å². The molecule has 2 aromatic rings. The maximum Gasteiger partial charge on any atom is 0.0945 e. The third-order valence-electron chi connectivity index (χ3n) is 3.05. The van der Waals surface area contributed by atoms with E-state index in [1.807, 2.05) is 35.5 Å². The highest BCUT2D eigenvalue weighted by atomic mass is 32.1. The van der Waals surface area contributed by atoms with E-state index in [9.17, 15) is 0 Å². The van der Waals surface area contributed by atoms with Gasteiger partial charge >= 0.3 is 0 Å². The molecule has 2 heterocycles. The molecule has 0 amide bonds. The van der Waals surface area contributed by atoms with Crippen molar-refractivity contribution in [3.05, 3.63) is 39.6 Å². The molecule has 4 heteroatoms. The van der Waals surface area contributed by atoms with Crippen molar-refractivity contribution in [1.82, 2.24) is 14.9 Å². The molecule has 1 N–H and O–H groups in total. The normalized spacial score (nSPS) is 12.9. The average Bonchev–Trinajstić information content (AvgIpc) is 2.81. The number of hydrogen-bond acceptors (Lipinski definition) is 3. The second kappa shape index (κ2) is 5.02. The van der Waals surface area contributed by atoms with Gasteiger partial charge in [0.2, 0.25) is 0 Å². The molecule has 17 heavy (non-hydrogen) atoms. The van der Waals surface area contributed by atoms with Crippen LogP contribution in [0, 0.1) is 13.8 Å². The Morgan fingerprint density at radius 1 is 1.47 bits per heavy atom. The minimum absolute atomic E-state index is 0.384. The average molecular weight is 249 g/mol. The molecule has 0 aromatic carbocycles. The topological polar surface area (TPSA) is 29.9 Å². The Balaban J connectivity index is 2.00. The number of nitrogens with zero attached hydrogens (tertiary/aromatic N) is 2. The summed E-state index contributed by atoms with van der Waals surface area (Å²) in [6.07, 6.45) is 3.74. The molecule has 3 nitrogen and oxygen atoms in total. The number of nitrogens with one attached hydrogen (secondary N) is 1. The van der Waals surface area contributed by atoms with Crippen LogP contribution in [0.4, 0.5) is 0 Å². The number of thiophene rings is 1. The van der Waals surface area contributed by atoms with Crippen molar-refractivity contribution in [2.24, 2.45) is 7.05 Å². The van der Waals surface area contributed by atoms with E-state index < -0.39 is 0 Å². The van der Waals surface area contributed by atoms with E-state index >= 15 is 0 Å². The first-order valence-corrected chi connectivity index (χ1v) is 6.65. The van der Waals surface area contributed by atoms with Crippen molar-refractivity contribution in [2.75, 3.05) is 0 Å². The van der Waals surface area contributed by atoms with Crippen LogP contribution in [0.5, 0.6) is 0 Å². The second-order valence-electron chi connectivity index (χ2n) is 4.47. The van der Waals surface area contributed by atoms with Gasteiger partial charge in [0.1, 0.15) is 0 Å². The van der Waals surface area contributed by atoms with Crippen molar-refractivity contribution in [1.29, 1.82) is 0 Å². The van der Waals surface area contributed by atoms with Gasteiger partial charge in [0.15, 0.2) is 0 Å². The molecule has 2 aromatic heterocycles. The summed E-state index contributed by atoms with van der Waals surface area (Å²) in [5.74, 6) is 0. The van der Waals surface area contributed by atoms with Crippen LogP contribution in [0.15, 0.2) is 18.6 Å². The Morgan fingerprint density at radius 2 is 2.24 bits per heavy atom. The summed E-state index contributed by atoms with van der Waals surface area (Å²) < 4.78 is 2.05. The molecule has 2 rings (SSSR count). The maximum atomic E-state index is 4.12. The zero-order valence-corrected chi connectivity index (χ0v) is 11.6. The second-order valence-corrected chi connectivity index (χ2v) is 5.93. The SMILES string of the molecule is Cc1cc(C(C)NCc2cncn2C)c(C)s1. The highest BCUT2D eigenvalue weighted by Gasteiger charge is 2.11. The van der Waals surface area contributed by atoms with Crippen LogP contribution in [0.1, 0.15) is 34.0 Å². The molecular weight excluding hydrogens is 230 g/mol. The summed E-state index contributed by atoms with van der Waals surface area (Å²) in [6, 6.07) is 2.66. The van der Waals surface area contributed by atoms with Crippen LogP contribution in [0.2, 0.25) is 0 Å². The van der Waals surface area contributed by atoms with Crippen molar-refractivity contribution in [3.63, 3.8) is 0 Å². The minimum atomic E-state index is 0.384. The zero-order valence-electron chi connectivity index (χ0n) is 10.8.